The molecule has 0 radical (unpaired) electrons. The molecule has 0 unspecified atom stereocenters. The van der Waals surface area contributed by atoms with Gasteiger partial charge in [0.1, 0.15) is 12.4 Å². The fraction of sp³-hybridized carbons (Fsp3) is 0.160. The number of aryl methyl sites for hydroxylation is 1. The van der Waals surface area contributed by atoms with E-state index < -0.39 is 0 Å². The fourth-order valence-electron chi connectivity index (χ4n) is 3.93. The number of hydrogen-bond acceptors (Lipinski definition) is 3. The van der Waals surface area contributed by atoms with Crippen molar-refractivity contribution in [2.75, 3.05) is 6.61 Å². The van der Waals surface area contributed by atoms with Crippen LogP contribution >= 0.6 is 0 Å². The highest BCUT2D eigenvalue weighted by atomic mass is 16.5. The zero-order valence-electron chi connectivity index (χ0n) is 16.9. The first-order valence-corrected chi connectivity index (χ1v) is 10.2. The van der Waals surface area contributed by atoms with Crippen LogP contribution in [0.3, 0.4) is 0 Å². The summed E-state index contributed by atoms with van der Waals surface area (Å²) in [6.45, 7) is 2.50. The number of fused-ring (bicyclic) bond motifs is 2. The largest absolute Gasteiger partial charge is 0.492 e. The molecule has 1 atom stereocenters. The molecule has 30 heavy (non-hydrogen) atoms. The van der Waals surface area contributed by atoms with Gasteiger partial charge < -0.3 is 15.5 Å². The normalized spacial score (nSPS) is 12.5. The summed E-state index contributed by atoms with van der Waals surface area (Å²) in [6, 6.07) is 22.6. The lowest BCUT2D eigenvalue weighted by atomic mass is 10.0. The molecule has 5 aromatic rings. The van der Waals surface area contributed by atoms with Crippen molar-refractivity contribution in [1.82, 2.24) is 15.2 Å². The zero-order chi connectivity index (χ0) is 20.5. The third kappa shape index (κ3) is 3.55. The van der Waals surface area contributed by atoms with Crippen molar-refractivity contribution in [2.45, 2.75) is 19.4 Å². The van der Waals surface area contributed by atoms with Gasteiger partial charge in [0.05, 0.1) is 5.52 Å². The average molecular weight is 396 g/mol. The molecule has 0 amide bonds. The van der Waals surface area contributed by atoms with Crippen LogP contribution < -0.4 is 10.5 Å². The van der Waals surface area contributed by atoms with Gasteiger partial charge in [0.25, 0.3) is 0 Å². The van der Waals surface area contributed by atoms with Gasteiger partial charge in [-0.1, -0.05) is 36.4 Å². The van der Waals surface area contributed by atoms with E-state index in [0.29, 0.717) is 6.61 Å². The van der Waals surface area contributed by atoms with Crippen LogP contribution in [-0.4, -0.2) is 27.8 Å². The van der Waals surface area contributed by atoms with E-state index in [-0.39, 0.29) is 6.04 Å². The summed E-state index contributed by atoms with van der Waals surface area (Å²) < 4.78 is 6.03. The molecule has 0 bridgehead atoms. The van der Waals surface area contributed by atoms with Crippen LogP contribution in [0.4, 0.5) is 0 Å². The Balaban J connectivity index is 1.29. The maximum Gasteiger partial charge on any atom is 0.119 e. The number of nitrogens with two attached hydrogens (primary N) is 1. The second-order valence-electron chi connectivity index (χ2n) is 7.74. The summed E-state index contributed by atoms with van der Waals surface area (Å²) in [5, 5.41) is 9.70. The summed E-state index contributed by atoms with van der Waals surface area (Å²) >= 11 is 0. The number of aromatic amines is 2. The maximum absolute atomic E-state index is 6.37. The van der Waals surface area contributed by atoms with Gasteiger partial charge in [0.2, 0.25) is 0 Å². The molecule has 0 aliphatic carbocycles. The van der Waals surface area contributed by atoms with Crippen LogP contribution in [0.25, 0.3) is 32.9 Å². The first-order chi connectivity index (χ1) is 14.7. The lowest BCUT2D eigenvalue weighted by Crippen LogP contribution is -2.30. The Morgan fingerprint density at radius 1 is 0.967 bits per heavy atom. The van der Waals surface area contributed by atoms with E-state index in [1.807, 2.05) is 37.4 Å². The van der Waals surface area contributed by atoms with Crippen LogP contribution in [0.15, 0.2) is 72.9 Å². The molecule has 0 saturated heterocycles. The number of rotatable bonds is 6. The molecule has 5 heteroatoms. The smallest absolute Gasteiger partial charge is 0.119 e. The van der Waals surface area contributed by atoms with Crippen LogP contribution in [0.2, 0.25) is 0 Å². The van der Waals surface area contributed by atoms with Gasteiger partial charge >= 0.3 is 0 Å². The summed E-state index contributed by atoms with van der Waals surface area (Å²) in [7, 11) is 0. The Labute approximate surface area is 174 Å². The minimum atomic E-state index is -0.0854. The summed E-state index contributed by atoms with van der Waals surface area (Å²) in [4.78, 5) is 3.30. The molecule has 0 aliphatic rings. The highest BCUT2D eigenvalue weighted by molar-refractivity contribution is 5.86. The summed E-state index contributed by atoms with van der Waals surface area (Å²) in [5.41, 5.74) is 13.0. The molecule has 0 aliphatic heterocycles. The molecule has 0 spiro atoms. The number of nitrogens with one attached hydrogen (secondary N) is 2. The molecule has 5 rings (SSSR count). The number of ether oxygens (including phenoxy) is 1. The summed E-state index contributed by atoms with van der Waals surface area (Å²) in [5.74, 6) is 0.825. The van der Waals surface area contributed by atoms with E-state index in [4.69, 9.17) is 10.5 Å². The van der Waals surface area contributed by atoms with Crippen LogP contribution in [-0.2, 0) is 6.42 Å². The van der Waals surface area contributed by atoms with Crippen molar-refractivity contribution in [2.24, 2.45) is 5.73 Å². The van der Waals surface area contributed by atoms with Crippen LogP contribution in [0.1, 0.15) is 11.3 Å². The van der Waals surface area contributed by atoms with Crippen molar-refractivity contribution in [3.63, 3.8) is 0 Å². The Morgan fingerprint density at radius 2 is 1.83 bits per heavy atom. The molecular formula is C25H24N4O. The molecule has 4 N–H and O–H groups in total. The molecule has 5 nitrogen and oxygen atoms in total. The predicted octanol–water partition coefficient (Wildman–Crippen LogP) is 4.97. The molecule has 2 heterocycles. The topological polar surface area (TPSA) is 79.7 Å². The van der Waals surface area contributed by atoms with Crippen molar-refractivity contribution >= 4 is 21.8 Å². The van der Waals surface area contributed by atoms with Crippen molar-refractivity contribution in [3.05, 3.63) is 84.2 Å². The van der Waals surface area contributed by atoms with Gasteiger partial charge in [-0.2, -0.15) is 5.10 Å². The third-order valence-electron chi connectivity index (χ3n) is 5.53. The SMILES string of the molecule is Cc1[nH]nc2ccc(-c3cccc(OC[C@@H](N)Cc4c[nH]c5ccccc45)c3)cc12. The highest BCUT2D eigenvalue weighted by Gasteiger charge is 2.10. The molecular weight excluding hydrogens is 372 g/mol. The number of nitrogens with zero attached hydrogens (tertiary/aromatic N) is 1. The van der Waals surface area contributed by atoms with Crippen molar-refractivity contribution in [1.29, 1.82) is 0 Å². The highest BCUT2D eigenvalue weighted by Crippen LogP contribution is 2.28. The van der Waals surface area contributed by atoms with E-state index in [0.717, 1.165) is 45.4 Å². The van der Waals surface area contributed by atoms with Gasteiger partial charge in [0.15, 0.2) is 0 Å². The average Bonchev–Trinajstić information content (AvgIpc) is 3.36. The third-order valence-corrected chi connectivity index (χ3v) is 5.53. The van der Waals surface area contributed by atoms with E-state index in [9.17, 15) is 0 Å². The van der Waals surface area contributed by atoms with Gasteiger partial charge in [-0.15, -0.1) is 0 Å². The fourth-order valence-corrected chi connectivity index (χ4v) is 3.93. The zero-order valence-corrected chi connectivity index (χ0v) is 16.9. The first-order valence-electron chi connectivity index (χ1n) is 10.2. The number of aromatic nitrogens is 3. The van der Waals surface area contributed by atoms with Crippen LogP contribution in [0.5, 0.6) is 5.75 Å². The number of H-pyrrole nitrogens is 2. The van der Waals surface area contributed by atoms with Crippen molar-refractivity contribution < 1.29 is 4.74 Å². The summed E-state index contributed by atoms with van der Waals surface area (Å²) in [6.07, 6.45) is 2.80. The quantitative estimate of drug-likeness (QED) is 0.379. The Morgan fingerprint density at radius 3 is 2.77 bits per heavy atom. The first kappa shape index (κ1) is 18.5. The molecule has 0 fully saturated rings. The molecule has 0 saturated carbocycles. The minimum absolute atomic E-state index is 0.0854. The van der Waals surface area contributed by atoms with E-state index in [1.165, 1.54) is 10.9 Å². The maximum atomic E-state index is 6.37. The lowest BCUT2D eigenvalue weighted by molar-refractivity contribution is 0.288. The Kier molecular flexibility index (Phi) is 4.73. The number of benzene rings is 3. The second kappa shape index (κ2) is 7.69. The van der Waals surface area contributed by atoms with E-state index in [1.54, 1.807) is 0 Å². The van der Waals surface area contributed by atoms with Crippen molar-refractivity contribution in [3.8, 4) is 16.9 Å². The lowest BCUT2D eigenvalue weighted by Gasteiger charge is -2.14. The molecule has 150 valence electrons. The van der Waals surface area contributed by atoms with Crippen LogP contribution in [0, 0.1) is 6.92 Å². The predicted molar refractivity (Wildman–Crippen MR) is 122 cm³/mol. The van der Waals surface area contributed by atoms with E-state index in [2.05, 4.69) is 57.6 Å². The number of hydrogen-bond donors (Lipinski definition) is 3. The Bertz CT molecular complexity index is 1320. The van der Waals surface area contributed by atoms with E-state index >= 15 is 0 Å². The van der Waals surface area contributed by atoms with Gasteiger partial charge in [-0.05, 0) is 60.4 Å². The molecule has 2 aromatic heterocycles. The standard InChI is InChI=1S/C25H24N4O/c1-16-23-13-18(9-10-25(23)29-28-16)17-5-4-6-21(12-17)30-15-20(26)11-19-14-27-24-8-3-2-7-22(19)24/h2-10,12-14,20,27H,11,15,26H2,1H3,(H,28,29)/t20-/m0/s1. The minimum Gasteiger partial charge on any atom is -0.492 e. The second-order valence-corrected chi connectivity index (χ2v) is 7.74. The van der Waals surface area contributed by atoms with Gasteiger partial charge in [0, 0.05) is 34.2 Å². The Hall–Kier alpha value is -3.57. The number of para-hydroxylation sites is 1. The monoisotopic (exact) mass is 396 g/mol. The van der Waals surface area contributed by atoms with Gasteiger partial charge in [-0.3, -0.25) is 5.10 Å². The molecule has 3 aromatic carbocycles. The van der Waals surface area contributed by atoms with Gasteiger partial charge in [-0.25, -0.2) is 0 Å².